The van der Waals surface area contributed by atoms with Gasteiger partial charge in [0.05, 0.1) is 6.07 Å². The van der Waals surface area contributed by atoms with Crippen molar-refractivity contribution >= 4 is 10.0 Å². The number of hydrogen-bond acceptors (Lipinski definition) is 3. The van der Waals surface area contributed by atoms with E-state index in [2.05, 4.69) is 0 Å². The average molecular weight is 216 g/mol. The molecule has 0 spiro atoms. The first kappa shape index (κ1) is 11.5. The van der Waals surface area contributed by atoms with Gasteiger partial charge >= 0.3 is 0 Å². The first-order valence-corrected chi connectivity index (χ1v) is 6.52. The van der Waals surface area contributed by atoms with Gasteiger partial charge in [-0.15, -0.1) is 0 Å². The third-order valence-corrected chi connectivity index (χ3v) is 4.55. The Morgan fingerprint density at radius 2 is 2.14 bits per heavy atom. The summed E-state index contributed by atoms with van der Waals surface area (Å²) in [6.07, 6.45) is 2.65. The highest BCUT2D eigenvalue weighted by Crippen LogP contribution is 2.28. The maximum atomic E-state index is 11.7. The summed E-state index contributed by atoms with van der Waals surface area (Å²) in [7, 11) is -3.35. The smallest absolute Gasteiger partial charge is 0.211 e. The predicted molar refractivity (Wildman–Crippen MR) is 54.0 cm³/mol. The van der Waals surface area contributed by atoms with Gasteiger partial charge in [-0.05, 0) is 26.2 Å². The predicted octanol–water partition coefficient (Wildman–Crippen LogP) is 1.10. The van der Waals surface area contributed by atoms with Gasteiger partial charge in [-0.3, -0.25) is 0 Å². The molecule has 0 N–H and O–H groups in total. The Kier molecular flexibility index (Phi) is 3.51. The van der Waals surface area contributed by atoms with Gasteiger partial charge in [-0.25, -0.2) is 8.42 Å². The van der Waals surface area contributed by atoms with Crippen molar-refractivity contribution in [1.82, 2.24) is 4.31 Å². The molecule has 0 aliphatic carbocycles. The van der Waals surface area contributed by atoms with E-state index in [0.29, 0.717) is 0 Å². The van der Waals surface area contributed by atoms with Crippen molar-refractivity contribution in [3.63, 3.8) is 0 Å². The third kappa shape index (κ3) is 2.07. The highest BCUT2D eigenvalue weighted by molar-refractivity contribution is 7.89. The minimum Gasteiger partial charge on any atom is -0.211 e. The van der Waals surface area contributed by atoms with Crippen LogP contribution in [-0.4, -0.2) is 30.6 Å². The third-order valence-electron chi connectivity index (χ3n) is 2.75. The highest BCUT2D eigenvalue weighted by atomic mass is 32.2. The first-order chi connectivity index (χ1) is 6.53. The fourth-order valence-corrected chi connectivity index (χ4v) is 3.76. The Morgan fingerprint density at radius 3 is 2.64 bits per heavy atom. The number of nitriles is 1. The van der Waals surface area contributed by atoms with Crippen LogP contribution in [0.25, 0.3) is 0 Å². The lowest BCUT2D eigenvalue weighted by Crippen LogP contribution is -2.40. The van der Waals surface area contributed by atoms with Crippen LogP contribution in [0.3, 0.4) is 0 Å². The Balaban J connectivity index is 2.89. The molecule has 0 aromatic heterocycles. The van der Waals surface area contributed by atoms with E-state index in [0.717, 1.165) is 19.3 Å². The molecule has 1 fully saturated rings. The van der Waals surface area contributed by atoms with Gasteiger partial charge in [0.15, 0.2) is 5.75 Å². The fourth-order valence-electron chi connectivity index (χ4n) is 2.09. The van der Waals surface area contributed by atoms with E-state index in [-0.39, 0.29) is 12.1 Å². The van der Waals surface area contributed by atoms with Gasteiger partial charge < -0.3 is 0 Å². The van der Waals surface area contributed by atoms with Gasteiger partial charge in [0.1, 0.15) is 0 Å². The molecule has 14 heavy (non-hydrogen) atoms. The van der Waals surface area contributed by atoms with Gasteiger partial charge in [-0.1, -0.05) is 6.92 Å². The van der Waals surface area contributed by atoms with Crippen LogP contribution in [0.1, 0.15) is 33.1 Å². The molecule has 1 heterocycles. The van der Waals surface area contributed by atoms with Crippen LogP contribution in [0.5, 0.6) is 0 Å². The van der Waals surface area contributed by atoms with Gasteiger partial charge in [0.25, 0.3) is 0 Å². The van der Waals surface area contributed by atoms with E-state index in [1.54, 1.807) is 6.07 Å². The van der Waals surface area contributed by atoms with Crippen LogP contribution < -0.4 is 0 Å². The molecule has 0 aromatic carbocycles. The Labute approximate surface area is 85.6 Å². The lowest BCUT2D eigenvalue weighted by atomic mass is 10.2. The summed E-state index contributed by atoms with van der Waals surface area (Å²) in [5.74, 6) is -0.395. The molecule has 0 saturated carbocycles. The van der Waals surface area contributed by atoms with Crippen molar-refractivity contribution in [3.8, 4) is 6.07 Å². The minimum atomic E-state index is -3.35. The topological polar surface area (TPSA) is 61.2 Å². The van der Waals surface area contributed by atoms with Crippen molar-refractivity contribution in [2.45, 2.75) is 45.2 Å². The quantitative estimate of drug-likeness (QED) is 0.709. The fraction of sp³-hybridized carbons (Fsp3) is 0.889. The summed E-state index contributed by atoms with van der Waals surface area (Å²) < 4.78 is 25.0. The summed E-state index contributed by atoms with van der Waals surface area (Å²) in [5, 5.41) is 8.45. The molecule has 80 valence electrons. The standard InChI is InChI=1S/C9H16N2O2S/c1-3-9-5-4-8(2)11(9)14(12,13)7-6-10/h8-9H,3-5,7H2,1-2H3. The molecule has 1 rings (SSSR count). The van der Waals surface area contributed by atoms with Gasteiger partial charge in [-0.2, -0.15) is 9.57 Å². The highest BCUT2D eigenvalue weighted by Gasteiger charge is 2.37. The molecule has 0 bridgehead atoms. The molecule has 0 amide bonds. The van der Waals surface area contributed by atoms with Crippen molar-refractivity contribution in [2.24, 2.45) is 0 Å². The largest absolute Gasteiger partial charge is 0.228 e. The number of rotatable bonds is 3. The van der Waals surface area contributed by atoms with Crippen LogP contribution in [-0.2, 0) is 10.0 Å². The van der Waals surface area contributed by atoms with E-state index in [9.17, 15) is 8.42 Å². The van der Waals surface area contributed by atoms with E-state index < -0.39 is 15.8 Å². The zero-order valence-electron chi connectivity index (χ0n) is 8.60. The summed E-state index contributed by atoms with van der Waals surface area (Å²) in [5.41, 5.74) is 0. The molecule has 1 aliphatic heterocycles. The van der Waals surface area contributed by atoms with Crippen molar-refractivity contribution < 1.29 is 8.42 Å². The zero-order valence-corrected chi connectivity index (χ0v) is 9.42. The van der Waals surface area contributed by atoms with Crippen molar-refractivity contribution in [2.75, 3.05) is 5.75 Å². The maximum absolute atomic E-state index is 11.7. The molecule has 5 heteroatoms. The van der Waals surface area contributed by atoms with Gasteiger partial charge in [0, 0.05) is 12.1 Å². The molecule has 0 aromatic rings. The minimum absolute atomic E-state index is 0.0540. The number of nitrogens with zero attached hydrogens (tertiary/aromatic N) is 2. The monoisotopic (exact) mass is 216 g/mol. The lowest BCUT2D eigenvalue weighted by molar-refractivity contribution is 0.330. The molecule has 2 atom stereocenters. The number of sulfonamides is 1. The molecule has 4 nitrogen and oxygen atoms in total. The van der Waals surface area contributed by atoms with Crippen LogP contribution >= 0.6 is 0 Å². The van der Waals surface area contributed by atoms with Crippen LogP contribution in [0.15, 0.2) is 0 Å². The first-order valence-electron chi connectivity index (χ1n) is 4.91. The average Bonchev–Trinajstić information content (AvgIpc) is 2.47. The molecule has 1 saturated heterocycles. The molecular formula is C9H16N2O2S. The molecule has 1 aliphatic rings. The Bertz CT molecular complexity index is 331. The van der Waals surface area contributed by atoms with Crippen molar-refractivity contribution in [3.05, 3.63) is 0 Å². The Hall–Kier alpha value is -0.600. The van der Waals surface area contributed by atoms with E-state index >= 15 is 0 Å². The van der Waals surface area contributed by atoms with Crippen LogP contribution in [0.2, 0.25) is 0 Å². The van der Waals surface area contributed by atoms with Crippen LogP contribution in [0, 0.1) is 11.3 Å². The normalized spacial score (nSPS) is 28.9. The van der Waals surface area contributed by atoms with E-state index in [1.807, 2.05) is 13.8 Å². The van der Waals surface area contributed by atoms with E-state index in [1.165, 1.54) is 4.31 Å². The van der Waals surface area contributed by atoms with E-state index in [4.69, 9.17) is 5.26 Å². The summed E-state index contributed by atoms with van der Waals surface area (Å²) in [6.45, 7) is 3.89. The van der Waals surface area contributed by atoms with Crippen molar-refractivity contribution in [1.29, 1.82) is 5.26 Å². The summed E-state index contributed by atoms with van der Waals surface area (Å²) >= 11 is 0. The summed E-state index contributed by atoms with van der Waals surface area (Å²) in [4.78, 5) is 0. The molecule has 2 unspecified atom stereocenters. The molecular weight excluding hydrogens is 200 g/mol. The maximum Gasteiger partial charge on any atom is 0.228 e. The second-order valence-electron chi connectivity index (χ2n) is 3.73. The second-order valence-corrected chi connectivity index (χ2v) is 5.61. The Morgan fingerprint density at radius 1 is 1.50 bits per heavy atom. The van der Waals surface area contributed by atoms with Crippen LogP contribution in [0.4, 0.5) is 0 Å². The lowest BCUT2D eigenvalue weighted by Gasteiger charge is -2.25. The molecule has 0 radical (unpaired) electrons. The van der Waals surface area contributed by atoms with Gasteiger partial charge in [0.2, 0.25) is 10.0 Å². The SMILES string of the molecule is CCC1CCC(C)N1S(=O)(=O)CC#N. The summed E-state index contributed by atoms with van der Waals surface area (Å²) in [6, 6.07) is 1.87. The second kappa shape index (κ2) is 4.28. The zero-order chi connectivity index (χ0) is 10.8. The number of hydrogen-bond donors (Lipinski definition) is 0.